The molecule has 6 nitrogen and oxygen atoms in total. The third-order valence-corrected chi connectivity index (χ3v) is 3.22. The number of hydrogen-bond acceptors (Lipinski definition) is 3. The van der Waals surface area contributed by atoms with Crippen LogP contribution in [0.5, 0.6) is 0 Å². The highest BCUT2D eigenvalue weighted by Gasteiger charge is 2.24. The van der Waals surface area contributed by atoms with E-state index in [0.717, 1.165) is 19.4 Å². The number of urea groups is 1. The van der Waals surface area contributed by atoms with E-state index >= 15 is 0 Å². The summed E-state index contributed by atoms with van der Waals surface area (Å²) in [7, 11) is 0. The Balaban J connectivity index is 1.95. The van der Waals surface area contributed by atoms with Gasteiger partial charge in [-0.15, -0.1) is 0 Å². The van der Waals surface area contributed by atoms with Crippen molar-refractivity contribution in [2.24, 2.45) is 0 Å². The van der Waals surface area contributed by atoms with Gasteiger partial charge in [-0.2, -0.15) is 0 Å². The summed E-state index contributed by atoms with van der Waals surface area (Å²) in [4.78, 5) is 28.3. The predicted octanol–water partition coefficient (Wildman–Crippen LogP) is 1.72. The maximum absolute atomic E-state index is 12.0. The summed E-state index contributed by atoms with van der Waals surface area (Å²) in [5, 5.41) is 11.4. The molecular formula is C13H17N3O3. The average Bonchev–Trinajstić information content (AvgIpc) is 2.77. The van der Waals surface area contributed by atoms with E-state index in [0.29, 0.717) is 11.4 Å². The van der Waals surface area contributed by atoms with Crippen molar-refractivity contribution in [3.63, 3.8) is 0 Å². The van der Waals surface area contributed by atoms with E-state index in [1.807, 2.05) is 6.92 Å². The van der Waals surface area contributed by atoms with Crippen LogP contribution in [0.1, 0.15) is 25.5 Å². The molecule has 1 fully saturated rings. The molecule has 1 saturated heterocycles. The number of aliphatic carboxylic acids is 1. The maximum Gasteiger partial charge on any atom is 0.322 e. The van der Waals surface area contributed by atoms with Crippen molar-refractivity contribution in [3.8, 4) is 0 Å². The molecule has 0 aromatic carbocycles. The Morgan fingerprint density at radius 1 is 1.53 bits per heavy atom. The van der Waals surface area contributed by atoms with Gasteiger partial charge >= 0.3 is 12.0 Å². The van der Waals surface area contributed by atoms with Gasteiger partial charge in [-0.25, -0.2) is 4.79 Å². The first-order valence-corrected chi connectivity index (χ1v) is 6.30. The standard InChI is InChI=1S/C13H17N3O3/c1-9-3-2-6-16(9)13(19)15-11-5-4-10(14-8-11)7-12(17)18/h4-5,8-9H,2-3,6-7H2,1H3,(H,15,19)(H,17,18). The van der Waals surface area contributed by atoms with Gasteiger partial charge in [0.25, 0.3) is 0 Å². The highest BCUT2D eigenvalue weighted by Crippen LogP contribution is 2.18. The van der Waals surface area contributed by atoms with E-state index in [4.69, 9.17) is 5.11 Å². The number of amides is 2. The fraction of sp³-hybridized carbons (Fsp3) is 0.462. The first-order valence-electron chi connectivity index (χ1n) is 6.30. The highest BCUT2D eigenvalue weighted by atomic mass is 16.4. The SMILES string of the molecule is CC1CCCN1C(=O)Nc1ccc(CC(=O)O)nc1. The molecule has 0 aliphatic carbocycles. The molecule has 1 aliphatic heterocycles. The number of carbonyl (C=O) groups is 2. The van der Waals surface area contributed by atoms with Crippen LogP contribution in [0.2, 0.25) is 0 Å². The zero-order chi connectivity index (χ0) is 13.8. The van der Waals surface area contributed by atoms with Gasteiger partial charge in [0, 0.05) is 12.6 Å². The van der Waals surface area contributed by atoms with E-state index in [2.05, 4.69) is 10.3 Å². The summed E-state index contributed by atoms with van der Waals surface area (Å²) in [6, 6.07) is 3.41. The second-order valence-electron chi connectivity index (χ2n) is 4.72. The second-order valence-corrected chi connectivity index (χ2v) is 4.72. The number of nitrogens with one attached hydrogen (secondary N) is 1. The Hall–Kier alpha value is -2.11. The van der Waals surface area contributed by atoms with Crippen LogP contribution < -0.4 is 5.32 Å². The van der Waals surface area contributed by atoms with E-state index in [9.17, 15) is 9.59 Å². The molecule has 1 aromatic heterocycles. The van der Waals surface area contributed by atoms with E-state index in [1.54, 1.807) is 17.0 Å². The van der Waals surface area contributed by atoms with E-state index < -0.39 is 5.97 Å². The van der Waals surface area contributed by atoms with Crippen LogP contribution >= 0.6 is 0 Å². The fourth-order valence-corrected chi connectivity index (χ4v) is 2.19. The molecule has 2 heterocycles. The van der Waals surface area contributed by atoms with Gasteiger partial charge in [0.05, 0.1) is 24.0 Å². The molecule has 2 N–H and O–H groups in total. The monoisotopic (exact) mass is 263 g/mol. The summed E-state index contributed by atoms with van der Waals surface area (Å²) in [5.74, 6) is -0.921. The van der Waals surface area contributed by atoms with E-state index in [-0.39, 0.29) is 18.5 Å². The molecule has 2 rings (SSSR count). The maximum atomic E-state index is 12.0. The molecule has 0 radical (unpaired) electrons. The third kappa shape index (κ3) is 3.43. The van der Waals surface area contributed by atoms with Crippen molar-refractivity contribution < 1.29 is 14.7 Å². The van der Waals surface area contributed by atoms with Crippen LogP contribution in [0, 0.1) is 0 Å². The molecule has 0 saturated carbocycles. The predicted molar refractivity (Wildman–Crippen MR) is 70.0 cm³/mol. The number of carboxylic acids is 1. The second kappa shape index (κ2) is 5.69. The molecule has 1 unspecified atom stereocenters. The van der Waals surface area contributed by atoms with Crippen molar-refractivity contribution in [3.05, 3.63) is 24.0 Å². The molecule has 1 aromatic rings. The molecule has 0 spiro atoms. The molecule has 102 valence electrons. The lowest BCUT2D eigenvalue weighted by molar-refractivity contribution is -0.136. The van der Waals surface area contributed by atoms with E-state index in [1.165, 1.54) is 6.20 Å². The fourth-order valence-electron chi connectivity index (χ4n) is 2.19. The van der Waals surface area contributed by atoms with Crippen LogP contribution in [0.15, 0.2) is 18.3 Å². The molecule has 1 aliphatic rings. The summed E-state index contributed by atoms with van der Waals surface area (Å²) < 4.78 is 0. The molecular weight excluding hydrogens is 246 g/mol. The van der Waals surface area contributed by atoms with Gasteiger partial charge in [-0.1, -0.05) is 0 Å². The largest absolute Gasteiger partial charge is 0.481 e. The van der Waals surface area contributed by atoms with Crippen molar-refractivity contribution >= 4 is 17.7 Å². The van der Waals surface area contributed by atoms with Crippen LogP contribution in [-0.4, -0.2) is 39.6 Å². The summed E-state index contributed by atoms with van der Waals surface area (Å²) in [6.07, 6.45) is 3.43. The minimum Gasteiger partial charge on any atom is -0.481 e. The minimum absolute atomic E-state index is 0.114. The Labute approximate surface area is 111 Å². The smallest absolute Gasteiger partial charge is 0.322 e. The van der Waals surface area contributed by atoms with Crippen LogP contribution in [0.4, 0.5) is 10.5 Å². The first kappa shape index (κ1) is 13.3. The van der Waals surface area contributed by atoms with Gasteiger partial charge in [0.1, 0.15) is 0 Å². The normalized spacial score (nSPS) is 18.4. The summed E-state index contributed by atoms with van der Waals surface area (Å²) in [5.41, 5.74) is 1.05. The van der Waals surface area contributed by atoms with Gasteiger partial charge < -0.3 is 15.3 Å². The number of rotatable bonds is 3. The Morgan fingerprint density at radius 2 is 2.32 bits per heavy atom. The number of likely N-dealkylation sites (tertiary alicyclic amines) is 1. The van der Waals surface area contributed by atoms with Crippen molar-refractivity contribution in [2.45, 2.75) is 32.2 Å². The number of anilines is 1. The third-order valence-electron chi connectivity index (χ3n) is 3.22. The van der Waals surface area contributed by atoms with Crippen LogP contribution in [0.25, 0.3) is 0 Å². The zero-order valence-corrected chi connectivity index (χ0v) is 10.8. The Morgan fingerprint density at radius 3 is 2.84 bits per heavy atom. The number of carbonyl (C=O) groups excluding carboxylic acids is 1. The quantitative estimate of drug-likeness (QED) is 0.870. The van der Waals surface area contributed by atoms with Gasteiger partial charge in [0.15, 0.2) is 0 Å². The molecule has 6 heteroatoms. The number of nitrogens with zero attached hydrogens (tertiary/aromatic N) is 2. The lowest BCUT2D eigenvalue weighted by atomic mass is 10.2. The lowest BCUT2D eigenvalue weighted by Gasteiger charge is -2.21. The molecule has 1 atom stereocenters. The Bertz CT molecular complexity index is 473. The van der Waals surface area contributed by atoms with Crippen molar-refractivity contribution in [1.29, 1.82) is 0 Å². The van der Waals surface area contributed by atoms with Gasteiger partial charge in [-0.05, 0) is 31.9 Å². The topological polar surface area (TPSA) is 82.5 Å². The first-order chi connectivity index (χ1) is 9.06. The lowest BCUT2D eigenvalue weighted by Crippen LogP contribution is -2.37. The highest BCUT2D eigenvalue weighted by molar-refractivity contribution is 5.89. The number of carboxylic acid groups (broad SMARTS) is 1. The zero-order valence-electron chi connectivity index (χ0n) is 10.8. The number of aromatic nitrogens is 1. The van der Waals surface area contributed by atoms with Crippen LogP contribution in [0.3, 0.4) is 0 Å². The summed E-state index contributed by atoms with van der Waals surface area (Å²) in [6.45, 7) is 2.80. The Kier molecular flexibility index (Phi) is 3.99. The van der Waals surface area contributed by atoms with Gasteiger partial charge in [-0.3, -0.25) is 9.78 Å². The van der Waals surface area contributed by atoms with Crippen molar-refractivity contribution in [1.82, 2.24) is 9.88 Å². The average molecular weight is 263 g/mol. The van der Waals surface area contributed by atoms with Gasteiger partial charge in [0.2, 0.25) is 0 Å². The number of hydrogen-bond donors (Lipinski definition) is 2. The number of pyridine rings is 1. The van der Waals surface area contributed by atoms with Crippen LogP contribution in [-0.2, 0) is 11.2 Å². The molecule has 19 heavy (non-hydrogen) atoms. The molecule has 2 amide bonds. The molecule has 0 bridgehead atoms. The minimum atomic E-state index is -0.921. The van der Waals surface area contributed by atoms with Crippen molar-refractivity contribution in [2.75, 3.05) is 11.9 Å². The summed E-state index contributed by atoms with van der Waals surface area (Å²) >= 11 is 0.